The molecule has 1 heterocycles. The van der Waals surface area contributed by atoms with Crippen molar-refractivity contribution in [3.8, 4) is 5.75 Å². The first-order valence-electron chi connectivity index (χ1n) is 5.52. The summed E-state index contributed by atoms with van der Waals surface area (Å²) >= 11 is 7.23. The SMILES string of the molecule is CC(=O)Oc1c(C(=O)N(C)C)sc2ccc(Cl)cc12. The van der Waals surface area contributed by atoms with Crippen LogP contribution in [0.25, 0.3) is 10.1 Å². The monoisotopic (exact) mass is 297 g/mol. The lowest BCUT2D eigenvalue weighted by Crippen LogP contribution is -2.21. The van der Waals surface area contributed by atoms with Crippen LogP contribution in [0.15, 0.2) is 18.2 Å². The molecule has 0 bridgehead atoms. The highest BCUT2D eigenvalue weighted by molar-refractivity contribution is 7.21. The van der Waals surface area contributed by atoms with E-state index in [1.54, 1.807) is 26.2 Å². The smallest absolute Gasteiger partial charge is 0.308 e. The molecule has 0 radical (unpaired) electrons. The Kier molecular flexibility index (Phi) is 3.78. The fraction of sp³-hybridized carbons (Fsp3) is 0.231. The van der Waals surface area contributed by atoms with Crippen LogP contribution in [0.2, 0.25) is 5.02 Å². The van der Waals surface area contributed by atoms with Gasteiger partial charge in [-0.05, 0) is 18.2 Å². The zero-order valence-electron chi connectivity index (χ0n) is 10.7. The van der Waals surface area contributed by atoms with E-state index in [0.29, 0.717) is 15.3 Å². The van der Waals surface area contributed by atoms with Crippen molar-refractivity contribution in [2.75, 3.05) is 14.1 Å². The van der Waals surface area contributed by atoms with E-state index in [1.165, 1.54) is 23.2 Å². The van der Waals surface area contributed by atoms with Gasteiger partial charge in [-0.3, -0.25) is 9.59 Å². The summed E-state index contributed by atoms with van der Waals surface area (Å²) < 4.78 is 6.04. The molecule has 0 aliphatic rings. The number of amides is 1. The van der Waals surface area contributed by atoms with E-state index < -0.39 is 5.97 Å². The Labute approximate surface area is 119 Å². The van der Waals surface area contributed by atoms with Gasteiger partial charge >= 0.3 is 5.97 Å². The summed E-state index contributed by atoms with van der Waals surface area (Å²) in [7, 11) is 3.30. The van der Waals surface area contributed by atoms with Gasteiger partial charge < -0.3 is 9.64 Å². The lowest BCUT2D eigenvalue weighted by molar-refractivity contribution is -0.131. The summed E-state index contributed by atoms with van der Waals surface area (Å²) in [6.07, 6.45) is 0. The summed E-state index contributed by atoms with van der Waals surface area (Å²) in [5.41, 5.74) is 0. The van der Waals surface area contributed by atoms with E-state index in [4.69, 9.17) is 16.3 Å². The molecule has 0 saturated carbocycles. The Morgan fingerprint density at radius 3 is 2.58 bits per heavy atom. The highest BCUT2D eigenvalue weighted by Crippen LogP contribution is 2.39. The average Bonchev–Trinajstić information content (AvgIpc) is 2.66. The van der Waals surface area contributed by atoms with Gasteiger partial charge in [0.15, 0.2) is 5.75 Å². The van der Waals surface area contributed by atoms with Gasteiger partial charge in [-0.1, -0.05) is 11.6 Å². The number of hydrogen-bond acceptors (Lipinski definition) is 4. The van der Waals surface area contributed by atoms with Gasteiger partial charge in [0.2, 0.25) is 0 Å². The molecular formula is C13H12ClNO3S. The van der Waals surface area contributed by atoms with E-state index in [0.717, 1.165) is 4.70 Å². The number of carbonyl (C=O) groups excluding carboxylic acids is 2. The summed E-state index contributed by atoms with van der Waals surface area (Å²) in [5, 5.41) is 1.21. The quantitative estimate of drug-likeness (QED) is 0.800. The molecule has 100 valence electrons. The van der Waals surface area contributed by atoms with Gasteiger partial charge in [-0.15, -0.1) is 11.3 Å². The van der Waals surface area contributed by atoms with Gasteiger partial charge in [-0.25, -0.2) is 0 Å². The molecule has 1 aromatic heterocycles. The summed E-state index contributed by atoms with van der Waals surface area (Å²) in [6.45, 7) is 1.30. The Balaban J connectivity index is 2.68. The van der Waals surface area contributed by atoms with Crippen molar-refractivity contribution in [3.63, 3.8) is 0 Å². The lowest BCUT2D eigenvalue weighted by atomic mass is 10.2. The Morgan fingerprint density at radius 2 is 2.00 bits per heavy atom. The summed E-state index contributed by atoms with van der Waals surface area (Å²) in [5.74, 6) is -0.380. The predicted octanol–water partition coefficient (Wildman–Crippen LogP) is 3.18. The van der Waals surface area contributed by atoms with Crippen LogP contribution < -0.4 is 4.74 Å². The maximum atomic E-state index is 12.1. The molecule has 0 N–H and O–H groups in total. The minimum atomic E-state index is -0.465. The Hall–Kier alpha value is -1.59. The molecule has 0 aliphatic carbocycles. The maximum Gasteiger partial charge on any atom is 0.308 e. The highest BCUT2D eigenvalue weighted by atomic mass is 35.5. The van der Waals surface area contributed by atoms with Crippen molar-refractivity contribution < 1.29 is 14.3 Å². The molecule has 2 rings (SSSR count). The molecule has 2 aromatic rings. The second-order valence-corrected chi connectivity index (χ2v) is 5.68. The van der Waals surface area contributed by atoms with Gasteiger partial charge in [0.05, 0.1) is 0 Å². The first-order valence-corrected chi connectivity index (χ1v) is 6.71. The van der Waals surface area contributed by atoms with Crippen LogP contribution in [0, 0.1) is 0 Å². The number of fused-ring (bicyclic) bond motifs is 1. The molecular weight excluding hydrogens is 286 g/mol. The Bertz CT molecular complexity index is 663. The fourth-order valence-corrected chi connectivity index (χ4v) is 2.94. The molecule has 1 aromatic carbocycles. The minimum absolute atomic E-state index is 0.200. The van der Waals surface area contributed by atoms with E-state index >= 15 is 0 Å². The van der Waals surface area contributed by atoms with E-state index in [9.17, 15) is 9.59 Å². The van der Waals surface area contributed by atoms with Crippen molar-refractivity contribution in [1.82, 2.24) is 4.90 Å². The molecule has 0 fully saturated rings. The van der Waals surface area contributed by atoms with E-state index in [-0.39, 0.29) is 11.7 Å². The van der Waals surface area contributed by atoms with Crippen LogP contribution >= 0.6 is 22.9 Å². The van der Waals surface area contributed by atoms with Crippen LogP contribution in [0.5, 0.6) is 5.75 Å². The van der Waals surface area contributed by atoms with Gasteiger partial charge in [0, 0.05) is 36.1 Å². The van der Waals surface area contributed by atoms with E-state index in [1.807, 2.05) is 6.07 Å². The van der Waals surface area contributed by atoms with Crippen LogP contribution in [-0.2, 0) is 4.79 Å². The first-order chi connectivity index (χ1) is 8.90. The van der Waals surface area contributed by atoms with Crippen molar-refractivity contribution >= 4 is 44.9 Å². The number of nitrogens with zero attached hydrogens (tertiary/aromatic N) is 1. The number of esters is 1. The second-order valence-electron chi connectivity index (χ2n) is 4.19. The number of ether oxygens (including phenoxy) is 1. The molecule has 0 saturated heterocycles. The van der Waals surface area contributed by atoms with Crippen LogP contribution in [0.1, 0.15) is 16.6 Å². The van der Waals surface area contributed by atoms with Gasteiger partial charge in [0.25, 0.3) is 5.91 Å². The van der Waals surface area contributed by atoms with Gasteiger partial charge in [0.1, 0.15) is 4.88 Å². The summed E-state index contributed by atoms with van der Waals surface area (Å²) in [6, 6.07) is 5.24. The third-order valence-corrected chi connectivity index (χ3v) is 3.83. The normalized spacial score (nSPS) is 10.5. The van der Waals surface area contributed by atoms with Crippen molar-refractivity contribution in [1.29, 1.82) is 0 Å². The van der Waals surface area contributed by atoms with Crippen LogP contribution in [0.4, 0.5) is 0 Å². The average molecular weight is 298 g/mol. The molecule has 19 heavy (non-hydrogen) atoms. The standard InChI is InChI=1S/C13H12ClNO3S/c1-7(16)18-11-9-6-8(14)4-5-10(9)19-12(11)13(17)15(2)3/h4-6H,1-3H3. The number of hydrogen-bond donors (Lipinski definition) is 0. The molecule has 0 unspecified atom stereocenters. The minimum Gasteiger partial charge on any atom is -0.424 e. The first kappa shape index (κ1) is 13.8. The van der Waals surface area contributed by atoms with Crippen molar-refractivity contribution in [2.45, 2.75) is 6.92 Å². The Morgan fingerprint density at radius 1 is 1.32 bits per heavy atom. The zero-order chi connectivity index (χ0) is 14.2. The van der Waals surface area contributed by atoms with Crippen molar-refractivity contribution in [3.05, 3.63) is 28.1 Å². The topological polar surface area (TPSA) is 46.6 Å². The van der Waals surface area contributed by atoms with Gasteiger partial charge in [-0.2, -0.15) is 0 Å². The molecule has 4 nitrogen and oxygen atoms in total. The molecule has 0 atom stereocenters. The molecule has 1 amide bonds. The zero-order valence-corrected chi connectivity index (χ0v) is 12.3. The fourth-order valence-electron chi connectivity index (χ4n) is 1.64. The lowest BCUT2D eigenvalue weighted by Gasteiger charge is -2.10. The van der Waals surface area contributed by atoms with Crippen LogP contribution in [0.3, 0.4) is 0 Å². The molecule has 0 spiro atoms. The highest BCUT2D eigenvalue weighted by Gasteiger charge is 2.22. The third-order valence-electron chi connectivity index (χ3n) is 2.45. The number of rotatable bonds is 2. The largest absolute Gasteiger partial charge is 0.424 e. The number of thiophene rings is 1. The summed E-state index contributed by atoms with van der Waals surface area (Å²) in [4.78, 5) is 25.2. The number of carbonyl (C=O) groups is 2. The third kappa shape index (κ3) is 2.72. The number of benzene rings is 1. The number of halogens is 1. The van der Waals surface area contributed by atoms with Crippen LogP contribution in [-0.4, -0.2) is 30.9 Å². The molecule has 6 heteroatoms. The maximum absolute atomic E-state index is 12.1. The molecule has 0 aliphatic heterocycles. The van der Waals surface area contributed by atoms with E-state index in [2.05, 4.69) is 0 Å². The van der Waals surface area contributed by atoms with Crippen molar-refractivity contribution in [2.24, 2.45) is 0 Å². The second kappa shape index (κ2) is 5.19. The predicted molar refractivity (Wildman–Crippen MR) is 76.2 cm³/mol.